The summed E-state index contributed by atoms with van der Waals surface area (Å²) in [5, 5.41) is 9.83. The van der Waals surface area contributed by atoms with Crippen LogP contribution in [0.4, 0.5) is 10.5 Å². The summed E-state index contributed by atoms with van der Waals surface area (Å²) in [6.45, 7) is 2.53. The summed E-state index contributed by atoms with van der Waals surface area (Å²) in [5.74, 6) is 0.736. The van der Waals surface area contributed by atoms with Gasteiger partial charge in [0.05, 0.1) is 16.1 Å². The number of amides is 1. The van der Waals surface area contributed by atoms with Crippen molar-refractivity contribution in [1.29, 1.82) is 0 Å². The zero-order valence-corrected chi connectivity index (χ0v) is 14.9. The Kier molecular flexibility index (Phi) is 4.42. The van der Waals surface area contributed by atoms with E-state index in [-0.39, 0.29) is 0 Å². The smallest absolute Gasteiger partial charge is 0.407 e. The van der Waals surface area contributed by atoms with E-state index in [0.717, 1.165) is 41.1 Å². The average Bonchev–Trinajstić information content (AvgIpc) is 2.90. The molecule has 0 atom stereocenters. The molecule has 7 heteroatoms. The zero-order chi connectivity index (χ0) is 18.1. The fourth-order valence-electron chi connectivity index (χ4n) is 3.34. The van der Waals surface area contributed by atoms with Crippen LogP contribution in [0.3, 0.4) is 0 Å². The van der Waals surface area contributed by atoms with E-state index in [0.29, 0.717) is 24.7 Å². The fourth-order valence-corrected chi connectivity index (χ4v) is 3.55. The van der Waals surface area contributed by atoms with Crippen molar-refractivity contribution in [1.82, 2.24) is 14.9 Å². The second-order valence-electron chi connectivity index (χ2n) is 6.38. The Morgan fingerprint density at radius 2 is 1.96 bits per heavy atom. The van der Waals surface area contributed by atoms with E-state index < -0.39 is 6.09 Å². The van der Waals surface area contributed by atoms with Crippen LogP contribution in [0.25, 0.3) is 22.4 Å². The highest BCUT2D eigenvalue weighted by Gasteiger charge is 2.19. The van der Waals surface area contributed by atoms with Gasteiger partial charge in [0.2, 0.25) is 0 Å². The lowest BCUT2D eigenvalue weighted by Gasteiger charge is -2.23. The van der Waals surface area contributed by atoms with Gasteiger partial charge in [0.25, 0.3) is 0 Å². The Morgan fingerprint density at radius 1 is 1.12 bits per heavy atom. The number of benzene rings is 2. The maximum atomic E-state index is 11.2. The summed E-state index contributed by atoms with van der Waals surface area (Å²) >= 11 is 6.43. The van der Waals surface area contributed by atoms with Crippen molar-refractivity contribution in [2.45, 2.75) is 6.42 Å². The van der Waals surface area contributed by atoms with Crippen LogP contribution >= 0.6 is 11.6 Å². The number of halogens is 1. The first-order valence-electron chi connectivity index (χ1n) is 8.59. The molecule has 2 N–H and O–H groups in total. The minimum atomic E-state index is -0.856. The lowest BCUT2D eigenvalue weighted by Crippen LogP contribution is -2.34. The Hall–Kier alpha value is -2.73. The lowest BCUT2D eigenvalue weighted by atomic mass is 10.1. The molecule has 1 saturated heterocycles. The maximum absolute atomic E-state index is 11.2. The number of H-pyrrole nitrogens is 1. The number of hydrogen-bond acceptors (Lipinski definition) is 3. The second-order valence-corrected chi connectivity index (χ2v) is 6.78. The number of para-hydroxylation sites is 2. The van der Waals surface area contributed by atoms with Crippen LogP contribution in [-0.4, -0.2) is 52.2 Å². The molecule has 0 aliphatic carbocycles. The number of nitrogens with one attached hydrogen (secondary N) is 1. The van der Waals surface area contributed by atoms with E-state index in [9.17, 15) is 9.90 Å². The average molecular weight is 371 g/mol. The van der Waals surface area contributed by atoms with Crippen LogP contribution in [0.1, 0.15) is 6.42 Å². The summed E-state index contributed by atoms with van der Waals surface area (Å²) < 4.78 is 0. The van der Waals surface area contributed by atoms with Crippen LogP contribution < -0.4 is 4.90 Å². The Labute approximate surface area is 156 Å². The van der Waals surface area contributed by atoms with Gasteiger partial charge < -0.3 is 19.9 Å². The number of fused-ring (bicyclic) bond motifs is 1. The number of aromatic amines is 1. The third-order valence-electron chi connectivity index (χ3n) is 4.73. The third kappa shape index (κ3) is 3.20. The summed E-state index contributed by atoms with van der Waals surface area (Å²) in [6.07, 6.45) is -0.0551. The summed E-state index contributed by atoms with van der Waals surface area (Å²) in [7, 11) is 0. The Bertz CT molecular complexity index is 923. The van der Waals surface area contributed by atoms with Crippen molar-refractivity contribution in [3.63, 3.8) is 0 Å². The van der Waals surface area contributed by atoms with E-state index in [1.165, 1.54) is 4.90 Å². The zero-order valence-electron chi connectivity index (χ0n) is 14.2. The number of anilines is 1. The monoisotopic (exact) mass is 370 g/mol. The molecule has 0 bridgehead atoms. The molecule has 0 radical (unpaired) electrons. The van der Waals surface area contributed by atoms with E-state index >= 15 is 0 Å². The van der Waals surface area contributed by atoms with Gasteiger partial charge >= 0.3 is 6.09 Å². The van der Waals surface area contributed by atoms with Crippen LogP contribution in [-0.2, 0) is 0 Å². The molecule has 4 rings (SSSR count). The van der Waals surface area contributed by atoms with E-state index in [1.54, 1.807) is 0 Å². The first kappa shape index (κ1) is 16.7. The van der Waals surface area contributed by atoms with Gasteiger partial charge in [-0.15, -0.1) is 0 Å². The molecular weight excluding hydrogens is 352 g/mol. The molecule has 1 aliphatic rings. The minimum Gasteiger partial charge on any atom is -0.465 e. The van der Waals surface area contributed by atoms with E-state index in [2.05, 4.69) is 14.9 Å². The molecule has 134 valence electrons. The van der Waals surface area contributed by atoms with Crippen molar-refractivity contribution in [2.24, 2.45) is 0 Å². The molecule has 0 saturated carbocycles. The van der Waals surface area contributed by atoms with Gasteiger partial charge in [-0.3, -0.25) is 0 Å². The standard InChI is InChI=1S/C19H19ClN4O2/c20-15-7-6-13(23-8-3-9-24(11-10-23)19(25)26)12-14(15)18-21-16-4-1-2-5-17(16)22-18/h1-2,4-7,12H,3,8-11H2,(H,21,22)(H,25,26). The molecule has 1 aromatic heterocycles. The molecular formula is C19H19ClN4O2. The molecule has 1 fully saturated rings. The maximum Gasteiger partial charge on any atom is 0.407 e. The Morgan fingerprint density at radius 3 is 2.77 bits per heavy atom. The van der Waals surface area contributed by atoms with Crippen LogP contribution in [0.15, 0.2) is 42.5 Å². The first-order valence-corrected chi connectivity index (χ1v) is 8.97. The van der Waals surface area contributed by atoms with E-state index in [1.807, 2.05) is 42.5 Å². The van der Waals surface area contributed by atoms with Gasteiger partial charge in [0.1, 0.15) is 5.82 Å². The van der Waals surface area contributed by atoms with E-state index in [4.69, 9.17) is 11.6 Å². The molecule has 0 unspecified atom stereocenters. The van der Waals surface area contributed by atoms with Crippen molar-refractivity contribution >= 4 is 34.4 Å². The van der Waals surface area contributed by atoms with Crippen LogP contribution in [0.2, 0.25) is 5.02 Å². The van der Waals surface area contributed by atoms with Gasteiger partial charge in [-0.05, 0) is 36.8 Å². The van der Waals surface area contributed by atoms with Gasteiger partial charge in [-0.2, -0.15) is 0 Å². The number of imidazole rings is 1. The van der Waals surface area contributed by atoms with Gasteiger partial charge in [-0.1, -0.05) is 23.7 Å². The molecule has 1 aliphatic heterocycles. The molecule has 3 aromatic rings. The third-order valence-corrected chi connectivity index (χ3v) is 5.06. The number of rotatable bonds is 2. The number of carboxylic acid groups (broad SMARTS) is 1. The molecule has 2 aromatic carbocycles. The predicted molar refractivity (Wildman–Crippen MR) is 103 cm³/mol. The van der Waals surface area contributed by atoms with Crippen molar-refractivity contribution in [3.05, 3.63) is 47.5 Å². The number of nitrogens with zero attached hydrogens (tertiary/aromatic N) is 3. The molecule has 0 spiro atoms. The number of carbonyl (C=O) groups is 1. The van der Waals surface area contributed by atoms with Crippen molar-refractivity contribution in [3.8, 4) is 11.4 Å². The first-order chi connectivity index (χ1) is 12.6. The van der Waals surface area contributed by atoms with Gasteiger partial charge in [-0.25, -0.2) is 9.78 Å². The quantitative estimate of drug-likeness (QED) is 0.713. The SMILES string of the molecule is O=C(O)N1CCCN(c2ccc(Cl)c(-c3nc4ccccc4[nH]3)c2)CC1. The van der Waals surface area contributed by atoms with Gasteiger partial charge in [0.15, 0.2) is 0 Å². The second kappa shape index (κ2) is 6.88. The number of aromatic nitrogens is 2. The largest absolute Gasteiger partial charge is 0.465 e. The normalized spacial score (nSPS) is 15.3. The van der Waals surface area contributed by atoms with Gasteiger partial charge in [0, 0.05) is 37.4 Å². The van der Waals surface area contributed by atoms with Crippen LogP contribution in [0.5, 0.6) is 0 Å². The summed E-state index contributed by atoms with van der Waals surface area (Å²) in [4.78, 5) is 22.8. The minimum absolute atomic E-state index is 0.498. The highest BCUT2D eigenvalue weighted by molar-refractivity contribution is 6.33. The van der Waals surface area contributed by atoms with Crippen molar-refractivity contribution in [2.75, 3.05) is 31.1 Å². The van der Waals surface area contributed by atoms with Crippen LogP contribution in [0, 0.1) is 0 Å². The predicted octanol–water partition coefficient (Wildman–Crippen LogP) is 4.07. The molecule has 2 heterocycles. The lowest BCUT2D eigenvalue weighted by molar-refractivity contribution is 0.148. The fraction of sp³-hybridized carbons (Fsp3) is 0.263. The topological polar surface area (TPSA) is 72.5 Å². The number of hydrogen-bond donors (Lipinski definition) is 2. The Balaban J connectivity index is 1.65. The molecule has 1 amide bonds. The van der Waals surface area contributed by atoms with Crippen molar-refractivity contribution < 1.29 is 9.90 Å². The molecule has 26 heavy (non-hydrogen) atoms. The highest BCUT2D eigenvalue weighted by atomic mass is 35.5. The summed E-state index contributed by atoms with van der Waals surface area (Å²) in [5.41, 5.74) is 3.74. The molecule has 6 nitrogen and oxygen atoms in total. The highest BCUT2D eigenvalue weighted by Crippen LogP contribution is 2.32. The summed E-state index contributed by atoms with van der Waals surface area (Å²) in [6, 6.07) is 13.7.